The van der Waals surface area contributed by atoms with Crippen molar-refractivity contribution in [2.45, 2.75) is 25.3 Å². The largest absolute Gasteiger partial charge is 0.404 e. The molecule has 3 rings (SSSR count). The molecule has 122 valence electrons. The van der Waals surface area contributed by atoms with E-state index in [1.54, 1.807) is 12.4 Å². The van der Waals surface area contributed by atoms with Gasteiger partial charge in [-0.05, 0) is 24.8 Å². The van der Waals surface area contributed by atoms with Crippen LogP contribution in [0.4, 0.5) is 5.82 Å². The number of H-pyrrole nitrogens is 1. The van der Waals surface area contributed by atoms with Gasteiger partial charge in [-0.15, -0.1) is 0 Å². The topological polar surface area (TPSA) is 133 Å². The molecule has 24 heavy (non-hydrogen) atoms. The molecule has 0 bridgehead atoms. The van der Waals surface area contributed by atoms with Crippen molar-refractivity contribution in [2.75, 3.05) is 5.73 Å². The van der Waals surface area contributed by atoms with E-state index in [1.165, 1.54) is 6.20 Å². The van der Waals surface area contributed by atoms with E-state index in [4.69, 9.17) is 22.0 Å². The van der Waals surface area contributed by atoms with E-state index in [2.05, 4.69) is 22.2 Å². The summed E-state index contributed by atoms with van der Waals surface area (Å²) in [6.07, 6.45) is 8.91. The molecule has 1 unspecified atom stereocenters. The first kappa shape index (κ1) is 15.7. The number of nitrogens with two attached hydrogens (primary N) is 2. The molecule has 0 aliphatic heterocycles. The lowest BCUT2D eigenvalue weighted by atomic mass is 9.71. The molecule has 1 aliphatic carbocycles. The molecule has 2 aromatic rings. The fraction of sp³-hybridized carbons (Fsp3) is 0.353. The zero-order valence-corrected chi connectivity index (χ0v) is 13.2. The number of anilines is 1. The number of rotatable bonds is 5. The quantitative estimate of drug-likeness (QED) is 0.775. The molecule has 5 N–H and O–H groups in total. The van der Waals surface area contributed by atoms with E-state index >= 15 is 0 Å². The van der Waals surface area contributed by atoms with E-state index in [-0.39, 0.29) is 12.0 Å². The lowest BCUT2D eigenvalue weighted by Gasteiger charge is -2.36. The van der Waals surface area contributed by atoms with Crippen LogP contribution in [0.1, 0.15) is 36.4 Å². The summed E-state index contributed by atoms with van der Waals surface area (Å²) in [5, 5.41) is 22.5. The molecule has 1 saturated carbocycles. The lowest BCUT2D eigenvalue weighted by Crippen LogP contribution is -2.31. The number of hydrogen-bond donors (Lipinski definition) is 3. The van der Waals surface area contributed by atoms with Gasteiger partial charge in [0.15, 0.2) is 0 Å². The molecule has 0 aromatic carbocycles. The van der Waals surface area contributed by atoms with E-state index in [1.807, 2.05) is 16.9 Å². The van der Waals surface area contributed by atoms with E-state index < -0.39 is 0 Å². The summed E-state index contributed by atoms with van der Waals surface area (Å²) < 4.78 is 1.82. The minimum atomic E-state index is -0.0176. The number of aromatic amines is 1. The number of aromatic nitrogens is 3. The van der Waals surface area contributed by atoms with Crippen molar-refractivity contribution < 1.29 is 0 Å². The van der Waals surface area contributed by atoms with E-state index in [9.17, 15) is 0 Å². The van der Waals surface area contributed by atoms with Crippen LogP contribution in [0.15, 0.2) is 30.9 Å². The molecule has 1 atom stereocenters. The Morgan fingerprint density at radius 3 is 2.88 bits per heavy atom. The lowest BCUT2D eigenvalue weighted by molar-refractivity contribution is 0.156. The fourth-order valence-corrected chi connectivity index (χ4v) is 3.27. The Hall–Kier alpha value is -3.19. The van der Waals surface area contributed by atoms with Gasteiger partial charge < -0.3 is 16.5 Å². The smallest absolute Gasteiger partial charge is 0.108 e. The number of nitriles is 2. The van der Waals surface area contributed by atoms with Crippen molar-refractivity contribution in [1.82, 2.24) is 14.8 Å². The monoisotopic (exact) mass is 321 g/mol. The first-order valence-electron chi connectivity index (χ1n) is 7.84. The molecule has 7 heteroatoms. The molecule has 1 aliphatic rings. The maximum atomic E-state index is 9.13. The van der Waals surface area contributed by atoms with Crippen LogP contribution >= 0.6 is 0 Å². The van der Waals surface area contributed by atoms with Gasteiger partial charge in [-0.3, -0.25) is 4.68 Å². The Morgan fingerprint density at radius 1 is 1.50 bits per heavy atom. The Kier molecular flexibility index (Phi) is 4.26. The zero-order chi connectivity index (χ0) is 17.1. The molecule has 0 saturated heterocycles. The molecule has 2 heterocycles. The molecular weight excluding hydrogens is 302 g/mol. The van der Waals surface area contributed by atoms with Crippen molar-refractivity contribution in [2.24, 2.45) is 17.6 Å². The minimum Gasteiger partial charge on any atom is -0.404 e. The van der Waals surface area contributed by atoms with Gasteiger partial charge in [0.25, 0.3) is 0 Å². The second-order valence-corrected chi connectivity index (χ2v) is 6.08. The maximum Gasteiger partial charge on any atom is 0.108 e. The Bertz CT molecular complexity index is 824. The van der Waals surface area contributed by atoms with Crippen LogP contribution in [-0.2, 0) is 0 Å². The van der Waals surface area contributed by atoms with Gasteiger partial charge in [-0.2, -0.15) is 15.6 Å². The van der Waals surface area contributed by atoms with Crippen molar-refractivity contribution >= 4 is 11.4 Å². The van der Waals surface area contributed by atoms with E-state index in [0.29, 0.717) is 18.2 Å². The summed E-state index contributed by atoms with van der Waals surface area (Å²) in [4.78, 5) is 2.93. The Labute approximate surface area is 140 Å². The van der Waals surface area contributed by atoms with Crippen LogP contribution < -0.4 is 11.5 Å². The number of nitrogen functional groups attached to an aromatic ring is 1. The van der Waals surface area contributed by atoms with Crippen molar-refractivity contribution in [1.29, 1.82) is 10.5 Å². The summed E-state index contributed by atoms with van der Waals surface area (Å²) in [5.41, 5.74) is 14.2. The third-order valence-electron chi connectivity index (χ3n) is 4.69. The Balaban J connectivity index is 1.85. The molecule has 1 fully saturated rings. The van der Waals surface area contributed by atoms with Gasteiger partial charge in [0, 0.05) is 41.2 Å². The molecule has 0 radical (unpaired) electrons. The number of hydrogen-bond acceptors (Lipinski definition) is 5. The Morgan fingerprint density at radius 2 is 2.29 bits per heavy atom. The predicted molar refractivity (Wildman–Crippen MR) is 89.8 cm³/mol. The van der Waals surface area contributed by atoms with Gasteiger partial charge >= 0.3 is 0 Å². The van der Waals surface area contributed by atoms with Crippen LogP contribution in [0, 0.1) is 34.5 Å². The summed E-state index contributed by atoms with van der Waals surface area (Å²) >= 11 is 0. The van der Waals surface area contributed by atoms with Crippen molar-refractivity contribution in [3.05, 3.63) is 42.0 Å². The SMILES string of the molecule is N#CCC(C1CC(C#N)C1)n1cc(/C(=C/N)c2cc[nH]c2N)cn1. The summed E-state index contributed by atoms with van der Waals surface area (Å²) in [5.74, 6) is 0.957. The second-order valence-electron chi connectivity index (χ2n) is 6.08. The highest BCUT2D eigenvalue weighted by Gasteiger charge is 2.36. The normalized spacial score (nSPS) is 21.5. The number of nitrogens with one attached hydrogen (secondary N) is 1. The van der Waals surface area contributed by atoms with Gasteiger partial charge in [-0.1, -0.05) is 0 Å². The van der Waals surface area contributed by atoms with Gasteiger partial charge in [-0.25, -0.2) is 0 Å². The first-order chi connectivity index (χ1) is 11.7. The second kappa shape index (κ2) is 6.51. The molecule has 0 amide bonds. The summed E-state index contributed by atoms with van der Waals surface area (Å²) in [6, 6.07) is 6.36. The summed E-state index contributed by atoms with van der Waals surface area (Å²) in [6.45, 7) is 0. The molecule has 0 spiro atoms. The summed E-state index contributed by atoms with van der Waals surface area (Å²) in [7, 11) is 0. The van der Waals surface area contributed by atoms with Crippen LogP contribution in [0.3, 0.4) is 0 Å². The molecular formula is C17H19N7. The first-order valence-corrected chi connectivity index (χ1v) is 7.84. The average molecular weight is 321 g/mol. The third kappa shape index (κ3) is 2.72. The molecule has 7 nitrogen and oxygen atoms in total. The van der Waals surface area contributed by atoms with Crippen LogP contribution in [0.25, 0.3) is 5.57 Å². The highest BCUT2D eigenvalue weighted by molar-refractivity contribution is 5.83. The molecule has 2 aromatic heterocycles. The van der Waals surface area contributed by atoms with Crippen molar-refractivity contribution in [3.63, 3.8) is 0 Å². The van der Waals surface area contributed by atoms with Crippen LogP contribution in [0.5, 0.6) is 0 Å². The minimum absolute atomic E-state index is 0.0176. The maximum absolute atomic E-state index is 9.13. The van der Waals surface area contributed by atoms with Gasteiger partial charge in [0.2, 0.25) is 0 Å². The van der Waals surface area contributed by atoms with Gasteiger partial charge in [0.05, 0.1) is 30.8 Å². The van der Waals surface area contributed by atoms with Gasteiger partial charge in [0.1, 0.15) is 5.82 Å². The highest BCUT2D eigenvalue weighted by Crippen LogP contribution is 2.42. The van der Waals surface area contributed by atoms with Crippen LogP contribution in [-0.4, -0.2) is 14.8 Å². The van der Waals surface area contributed by atoms with Crippen molar-refractivity contribution in [3.8, 4) is 12.1 Å². The standard InChI is InChI=1S/C17H19N7/c18-3-1-16(12-5-11(6-12)7-19)24-10-13(9-23-24)15(8-20)14-2-4-22-17(14)21/h2,4,8-12,16,22H,1,5-6,20-21H2/b15-8-. The predicted octanol–water partition coefficient (Wildman–Crippen LogP) is 2.15. The average Bonchev–Trinajstić information content (AvgIpc) is 3.17. The zero-order valence-electron chi connectivity index (χ0n) is 13.2. The van der Waals surface area contributed by atoms with E-state index in [0.717, 1.165) is 29.5 Å². The number of nitrogens with zero attached hydrogens (tertiary/aromatic N) is 4. The van der Waals surface area contributed by atoms with Crippen LogP contribution in [0.2, 0.25) is 0 Å². The highest BCUT2D eigenvalue weighted by atomic mass is 15.3. The third-order valence-corrected chi connectivity index (χ3v) is 4.69. The fourth-order valence-electron chi connectivity index (χ4n) is 3.27.